The molecule has 0 unspecified atom stereocenters. The predicted octanol–water partition coefficient (Wildman–Crippen LogP) is 4.97. The van der Waals surface area contributed by atoms with Crippen LogP contribution in [0.5, 0.6) is 0 Å². The molecule has 6 nitrogen and oxygen atoms in total. The summed E-state index contributed by atoms with van der Waals surface area (Å²) in [6.07, 6.45) is 0.619. The zero-order chi connectivity index (χ0) is 22.1. The van der Waals surface area contributed by atoms with Crippen LogP contribution in [0.3, 0.4) is 0 Å². The Morgan fingerprint density at radius 3 is 2.30 bits per heavy atom. The van der Waals surface area contributed by atoms with Gasteiger partial charge in [-0.2, -0.15) is 0 Å². The van der Waals surface area contributed by atoms with Crippen LogP contribution in [0.25, 0.3) is 10.8 Å². The normalized spacial score (nSPS) is 25.0. The van der Waals surface area contributed by atoms with Gasteiger partial charge >= 0.3 is 7.60 Å². The highest BCUT2D eigenvalue weighted by Crippen LogP contribution is 2.68. The van der Waals surface area contributed by atoms with Crippen molar-refractivity contribution in [2.24, 2.45) is 5.92 Å². The summed E-state index contributed by atoms with van der Waals surface area (Å²) in [6.45, 7) is 5.28. The quantitative estimate of drug-likeness (QED) is 0.550. The van der Waals surface area contributed by atoms with E-state index < -0.39 is 12.9 Å². The van der Waals surface area contributed by atoms with Crippen molar-refractivity contribution in [2.45, 2.75) is 44.9 Å². The predicted molar refractivity (Wildman–Crippen MR) is 118 cm³/mol. The maximum absolute atomic E-state index is 13.6. The number of rotatable bonds is 8. The van der Waals surface area contributed by atoms with Crippen LogP contribution < -0.4 is 0 Å². The maximum atomic E-state index is 13.6. The molecular formula is C23H30NO5P. The number of hydrogen-bond acceptors (Lipinski definition) is 6. The third-order valence-corrected chi connectivity index (χ3v) is 8.94. The SMILES string of the molecule is COP(=O)(OC)[C@@]1(C)C[C@@H](C(C)=O)[C@@H](c2ccc3ccccc3c2)N1CCC(C)=O. The largest absolute Gasteiger partial charge is 0.349 e. The van der Waals surface area contributed by atoms with Crippen molar-refractivity contribution in [3.63, 3.8) is 0 Å². The molecule has 0 aromatic heterocycles. The summed E-state index contributed by atoms with van der Waals surface area (Å²) in [4.78, 5) is 26.5. The van der Waals surface area contributed by atoms with Gasteiger partial charge in [-0.25, -0.2) is 0 Å². The van der Waals surface area contributed by atoms with E-state index in [2.05, 4.69) is 6.07 Å². The van der Waals surface area contributed by atoms with Crippen LogP contribution in [0.4, 0.5) is 0 Å². The summed E-state index contributed by atoms with van der Waals surface area (Å²) in [7, 11) is -0.846. The molecule has 0 saturated carbocycles. The van der Waals surface area contributed by atoms with E-state index in [1.807, 2.05) is 48.2 Å². The summed E-state index contributed by atoms with van der Waals surface area (Å²) in [5, 5.41) is 1.15. The molecule has 0 N–H and O–H groups in total. The van der Waals surface area contributed by atoms with Crippen LogP contribution in [0.15, 0.2) is 42.5 Å². The van der Waals surface area contributed by atoms with E-state index in [-0.39, 0.29) is 29.9 Å². The zero-order valence-corrected chi connectivity index (χ0v) is 19.1. The van der Waals surface area contributed by atoms with Crippen LogP contribution in [0.1, 0.15) is 45.2 Å². The van der Waals surface area contributed by atoms with Crippen molar-refractivity contribution in [3.8, 4) is 0 Å². The summed E-state index contributed by atoms with van der Waals surface area (Å²) < 4.78 is 24.4. The first-order chi connectivity index (χ1) is 14.2. The Morgan fingerprint density at radius 2 is 1.73 bits per heavy atom. The summed E-state index contributed by atoms with van der Waals surface area (Å²) in [6, 6.07) is 13.8. The average Bonchev–Trinajstić information content (AvgIpc) is 3.05. The van der Waals surface area contributed by atoms with Gasteiger partial charge in [-0.05, 0) is 49.6 Å². The lowest BCUT2D eigenvalue weighted by Crippen LogP contribution is -2.43. The van der Waals surface area contributed by atoms with E-state index in [1.165, 1.54) is 21.1 Å². The Morgan fingerprint density at radius 1 is 1.10 bits per heavy atom. The Balaban J connectivity index is 2.17. The molecule has 3 rings (SSSR count). The van der Waals surface area contributed by atoms with Gasteiger partial charge in [0.15, 0.2) is 0 Å². The molecule has 0 aliphatic carbocycles. The maximum Gasteiger partial charge on any atom is 0.349 e. The Hall–Kier alpha value is -1.85. The number of hydrogen-bond donors (Lipinski definition) is 0. The number of fused-ring (bicyclic) bond motifs is 1. The van der Waals surface area contributed by atoms with Crippen molar-refractivity contribution in [1.29, 1.82) is 0 Å². The van der Waals surface area contributed by atoms with Crippen molar-refractivity contribution < 1.29 is 23.2 Å². The van der Waals surface area contributed by atoms with Gasteiger partial charge < -0.3 is 9.05 Å². The number of ketones is 2. The second kappa shape index (κ2) is 8.72. The lowest BCUT2D eigenvalue weighted by molar-refractivity contribution is -0.121. The second-order valence-electron chi connectivity index (χ2n) is 8.20. The van der Waals surface area contributed by atoms with Crippen LogP contribution in [0, 0.1) is 5.92 Å². The van der Waals surface area contributed by atoms with Crippen molar-refractivity contribution in [2.75, 3.05) is 20.8 Å². The third kappa shape index (κ3) is 3.90. The molecule has 2 aromatic rings. The molecule has 1 heterocycles. The van der Waals surface area contributed by atoms with Crippen LogP contribution >= 0.6 is 7.60 Å². The molecule has 1 aliphatic rings. The monoisotopic (exact) mass is 431 g/mol. The van der Waals surface area contributed by atoms with Crippen LogP contribution in [0.2, 0.25) is 0 Å². The third-order valence-electron chi connectivity index (χ3n) is 6.35. The molecule has 3 atom stereocenters. The summed E-state index contributed by atoms with van der Waals surface area (Å²) >= 11 is 0. The van der Waals surface area contributed by atoms with Gasteiger partial charge in [0.25, 0.3) is 0 Å². The van der Waals surface area contributed by atoms with E-state index in [1.54, 1.807) is 6.92 Å². The van der Waals surface area contributed by atoms with E-state index in [4.69, 9.17) is 9.05 Å². The standard InChI is InChI=1S/C23H30NO5P/c1-16(25)12-13-24-22(20-11-10-18-8-6-7-9-19(18)14-20)21(17(2)26)15-23(24,3)30(27,28-4)29-5/h6-11,14,21-22H,12-13,15H2,1-5H3/t21-,22+,23-/m0/s1. The molecule has 0 bridgehead atoms. The molecule has 0 amide bonds. The smallest absolute Gasteiger partial charge is 0.311 e. The first-order valence-corrected chi connectivity index (χ1v) is 11.7. The van der Waals surface area contributed by atoms with E-state index >= 15 is 0 Å². The van der Waals surface area contributed by atoms with Crippen molar-refractivity contribution >= 4 is 29.9 Å². The van der Waals surface area contributed by atoms with Gasteiger partial charge in [-0.1, -0.05) is 36.4 Å². The fourth-order valence-electron chi connectivity index (χ4n) is 4.73. The van der Waals surface area contributed by atoms with Crippen molar-refractivity contribution in [1.82, 2.24) is 4.90 Å². The minimum Gasteiger partial charge on any atom is -0.311 e. The highest BCUT2D eigenvalue weighted by Gasteiger charge is 2.60. The molecule has 162 valence electrons. The van der Waals surface area contributed by atoms with Crippen molar-refractivity contribution in [3.05, 3.63) is 48.0 Å². The van der Waals surface area contributed by atoms with Gasteiger partial charge in [-0.15, -0.1) is 0 Å². The Bertz CT molecular complexity index is 998. The molecule has 1 aliphatic heterocycles. The molecule has 0 spiro atoms. The fraction of sp³-hybridized carbons (Fsp3) is 0.478. The van der Waals surface area contributed by atoms with E-state index in [0.29, 0.717) is 13.0 Å². The van der Waals surface area contributed by atoms with E-state index in [0.717, 1.165) is 16.3 Å². The molecule has 2 aromatic carbocycles. The average molecular weight is 431 g/mol. The summed E-state index contributed by atoms with van der Waals surface area (Å²) in [5.41, 5.74) is 0.958. The lowest BCUT2D eigenvalue weighted by Gasteiger charge is -2.41. The molecule has 7 heteroatoms. The fourth-order valence-corrected chi connectivity index (χ4v) is 6.62. The van der Waals surface area contributed by atoms with Gasteiger partial charge in [0.05, 0.1) is 0 Å². The van der Waals surface area contributed by atoms with Gasteiger partial charge in [0.2, 0.25) is 0 Å². The minimum absolute atomic E-state index is 0.0171. The minimum atomic E-state index is -3.58. The molecule has 0 radical (unpaired) electrons. The highest BCUT2D eigenvalue weighted by molar-refractivity contribution is 7.55. The Kier molecular flexibility index (Phi) is 6.63. The number of nitrogens with zero attached hydrogens (tertiary/aromatic N) is 1. The number of carbonyl (C=O) groups is 2. The molecule has 1 fully saturated rings. The van der Waals surface area contributed by atoms with E-state index in [9.17, 15) is 14.2 Å². The number of benzene rings is 2. The topological polar surface area (TPSA) is 72.9 Å². The van der Waals surface area contributed by atoms with Crippen LogP contribution in [-0.4, -0.2) is 42.5 Å². The zero-order valence-electron chi connectivity index (χ0n) is 18.3. The lowest BCUT2D eigenvalue weighted by atomic mass is 9.89. The highest BCUT2D eigenvalue weighted by atomic mass is 31.2. The van der Waals surface area contributed by atoms with Gasteiger partial charge in [-0.3, -0.25) is 19.1 Å². The second-order valence-corrected chi connectivity index (χ2v) is 10.9. The van der Waals surface area contributed by atoms with Gasteiger partial charge in [0, 0.05) is 39.1 Å². The molecule has 1 saturated heterocycles. The molecular weight excluding hydrogens is 401 g/mol. The number of likely N-dealkylation sites (tertiary alicyclic amines) is 1. The number of Topliss-reactive ketones (excluding diaryl/α,β-unsaturated/α-hetero) is 2. The first kappa shape index (κ1) is 22.8. The molecule has 30 heavy (non-hydrogen) atoms. The number of carbonyl (C=O) groups excluding carboxylic acids is 2. The van der Waals surface area contributed by atoms with Gasteiger partial charge in [0.1, 0.15) is 16.8 Å². The Labute approximate surface area is 178 Å². The van der Waals surface area contributed by atoms with Crippen LogP contribution in [-0.2, 0) is 23.2 Å². The summed E-state index contributed by atoms with van der Waals surface area (Å²) in [5.74, 6) is -0.337. The first-order valence-electron chi connectivity index (χ1n) is 10.1.